The first-order chi connectivity index (χ1) is 6.59. The van der Waals surface area contributed by atoms with Gasteiger partial charge in [0.2, 0.25) is 0 Å². The van der Waals surface area contributed by atoms with E-state index < -0.39 is 6.09 Å². The smallest absolute Gasteiger partial charge is 0.416 e. The van der Waals surface area contributed by atoms with Gasteiger partial charge in [0.15, 0.2) is 0 Å². The lowest BCUT2D eigenvalue weighted by molar-refractivity contribution is 0.197. The van der Waals surface area contributed by atoms with Crippen LogP contribution < -0.4 is 0 Å². The van der Waals surface area contributed by atoms with E-state index in [4.69, 9.17) is 5.11 Å². The zero-order valence-corrected chi connectivity index (χ0v) is 7.56. The fraction of sp³-hybridized carbons (Fsp3) is 0.100. The number of aryl methyl sites for hydroxylation is 1. The van der Waals surface area contributed by atoms with Gasteiger partial charge in [0.1, 0.15) is 5.75 Å². The molecule has 2 aromatic rings. The van der Waals surface area contributed by atoms with Crippen molar-refractivity contribution in [2.75, 3.05) is 0 Å². The normalized spacial score (nSPS) is 10.6. The van der Waals surface area contributed by atoms with Crippen molar-refractivity contribution >= 4 is 17.0 Å². The monoisotopic (exact) mass is 191 g/mol. The van der Waals surface area contributed by atoms with Crippen molar-refractivity contribution in [3.8, 4) is 5.75 Å². The Morgan fingerprint density at radius 1 is 1.43 bits per heavy atom. The number of hydrogen-bond donors (Lipinski definition) is 2. The number of phenols is 1. The maximum atomic E-state index is 10.8. The average Bonchev–Trinajstić information content (AvgIpc) is 2.47. The van der Waals surface area contributed by atoms with Crippen LogP contribution in [-0.4, -0.2) is 20.9 Å². The molecule has 0 radical (unpaired) electrons. The number of carboxylic acid groups (broad SMARTS) is 1. The fourth-order valence-electron chi connectivity index (χ4n) is 1.63. The Hall–Kier alpha value is -1.97. The molecule has 0 bridgehead atoms. The third-order valence-corrected chi connectivity index (χ3v) is 2.16. The van der Waals surface area contributed by atoms with E-state index in [1.165, 1.54) is 6.20 Å². The lowest BCUT2D eigenvalue weighted by Crippen LogP contribution is -2.06. The predicted molar refractivity (Wildman–Crippen MR) is 51.8 cm³/mol. The molecule has 0 saturated heterocycles. The van der Waals surface area contributed by atoms with Gasteiger partial charge in [0.25, 0.3) is 0 Å². The zero-order valence-electron chi connectivity index (χ0n) is 7.56. The minimum Gasteiger partial charge on any atom is -0.508 e. The Morgan fingerprint density at radius 3 is 2.79 bits per heavy atom. The summed E-state index contributed by atoms with van der Waals surface area (Å²) >= 11 is 0. The summed E-state index contributed by atoms with van der Waals surface area (Å²) in [5.74, 6) is 0.151. The molecule has 0 amide bonds. The number of carbonyl (C=O) groups is 1. The van der Waals surface area contributed by atoms with Crippen LogP contribution in [0.1, 0.15) is 5.56 Å². The topological polar surface area (TPSA) is 62.5 Å². The molecule has 4 heteroatoms. The van der Waals surface area contributed by atoms with Crippen molar-refractivity contribution < 1.29 is 15.0 Å². The maximum absolute atomic E-state index is 10.8. The quantitative estimate of drug-likeness (QED) is 0.670. The number of benzene rings is 1. The first-order valence-corrected chi connectivity index (χ1v) is 4.13. The van der Waals surface area contributed by atoms with Crippen LogP contribution in [0.3, 0.4) is 0 Å². The van der Waals surface area contributed by atoms with Crippen molar-refractivity contribution in [3.05, 3.63) is 30.0 Å². The van der Waals surface area contributed by atoms with E-state index in [9.17, 15) is 9.90 Å². The number of aromatic hydroxyl groups is 1. The number of fused-ring (bicyclic) bond motifs is 1. The van der Waals surface area contributed by atoms with Crippen molar-refractivity contribution in [2.24, 2.45) is 0 Å². The van der Waals surface area contributed by atoms with Crippen LogP contribution in [0.25, 0.3) is 10.9 Å². The van der Waals surface area contributed by atoms with Crippen LogP contribution in [0.5, 0.6) is 5.75 Å². The van der Waals surface area contributed by atoms with Crippen molar-refractivity contribution in [3.63, 3.8) is 0 Å². The third kappa shape index (κ3) is 1.12. The Balaban J connectivity index is 2.85. The summed E-state index contributed by atoms with van der Waals surface area (Å²) in [5, 5.41) is 18.9. The molecular formula is C10H9NO3. The van der Waals surface area contributed by atoms with Crippen LogP contribution in [0, 0.1) is 6.92 Å². The van der Waals surface area contributed by atoms with Gasteiger partial charge in [0, 0.05) is 11.6 Å². The van der Waals surface area contributed by atoms with Crippen LogP contribution in [0.2, 0.25) is 0 Å². The van der Waals surface area contributed by atoms with E-state index in [0.29, 0.717) is 5.52 Å². The SMILES string of the molecule is Cc1cc(O)cc2ccn(C(=O)O)c12. The number of hydrogen-bond acceptors (Lipinski definition) is 2. The molecule has 1 heterocycles. The molecule has 0 saturated carbocycles. The van der Waals surface area contributed by atoms with Gasteiger partial charge in [-0.3, -0.25) is 4.57 Å². The molecule has 0 aliphatic carbocycles. The van der Waals surface area contributed by atoms with E-state index in [0.717, 1.165) is 15.5 Å². The molecule has 0 fully saturated rings. The highest BCUT2D eigenvalue weighted by atomic mass is 16.4. The van der Waals surface area contributed by atoms with Gasteiger partial charge in [-0.05, 0) is 30.7 Å². The first-order valence-electron chi connectivity index (χ1n) is 4.13. The van der Waals surface area contributed by atoms with E-state index in [1.807, 2.05) is 0 Å². The number of nitrogens with zero attached hydrogens (tertiary/aromatic N) is 1. The molecular weight excluding hydrogens is 182 g/mol. The van der Waals surface area contributed by atoms with Gasteiger partial charge in [-0.15, -0.1) is 0 Å². The number of aromatic nitrogens is 1. The van der Waals surface area contributed by atoms with E-state index in [-0.39, 0.29) is 5.75 Å². The van der Waals surface area contributed by atoms with Crippen LogP contribution in [-0.2, 0) is 0 Å². The lowest BCUT2D eigenvalue weighted by atomic mass is 10.1. The summed E-state index contributed by atoms with van der Waals surface area (Å²) in [5.41, 5.74) is 1.36. The second kappa shape index (κ2) is 2.77. The van der Waals surface area contributed by atoms with E-state index in [2.05, 4.69) is 0 Å². The predicted octanol–water partition coefficient (Wildman–Crippen LogP) is 2.18. The minimum absolute atomic E-state index is 0.151. The highest BCUT2D eigenvalue weighted by Crippen LogP contribution is 2.24. The summed E-state index contributed by atoms with van der Waals surface area (Å²) < 4.78 is 1.14. The molecule has 0 unspecified atom stereocenters. The maximum Gasteiger partial charge on any atom is 0.416 e. The first kappa shape index (κ1) is 8.62. The van der Waals surface area contributed by atoms with Gasteiger partial charge in [-0.25, -0.2) is 4.79 Å². The Labute approximate surface area is 80.0 Å². The molecule has 1 aromatic carbocycles. The number of phenolic OH excluding ortho intramolecular Hbond substituents is 1. The van der Waals surface area contributed by atoms with Gasteiger partial charge >= 0.3 is 6.09 Å². The molecule has 4 nitrogen and oxygen atoms in total. The van der Waals surface area contributed by atoms with Crippen LogP contribution in [0.4, 0.5) is 4.79 Å². The highest BCUT2D eigenvalue weighted by Gasteiger charge is 2.09. The molecule has 1 aromatic heterocycles. The second-order valence-electron chi connectivity index (χ2n) is 3.17. The Bertz CT molecular complexity index is 513. The summed E-state index contributed by atoms with van der Waals surface area (Å²) in [4.78, 5) is 10.8. The van der Waals surface area contributed by atoms with Gasteiger partial charge in [-0.1, -0.05) is 0 Å². The standard InChI is InChI=1S/C10H9NO3/c1-6-4-8(12)5-7-2-3-11(9(6)7)10(13)14/h2-5,12H,1H3,(H,13,14). The van der Waals surface area contributed by atoms with E-state index >= 15 is 0 Å². The van der Waals surface area contributed by atoms with Crippen LogP contribution in [0.15, 0.2) is 24.4 Å². The van der Waals surface area contributed by atoms with Crippen molar-refractivity contribution in [2.45, 2.75) is 6.92 Å². The molecule has 0 spiro atoms. The third-order valence-electron chi connectivity index (χ3n) is 2.16. The zero-order chi connectivity index (χ0) is 10.3. The Morgan fingerprint density at radius 2 is 2.14 bits per heavy atom. The summed E-state index contributed by atoms with van der Waals surface area (Å²) in [7, 11) is 0. The molecule has 14 heavy (non-hydrogen) atoms. The lowest BCUT2D eigenvalue weighted by Gasteiger charge is -2.02. The fourth-order valence-corrected chi connectivity index (χ4v) is 1.63. The molecule has 2 N–H and O–H groups in total. The molecule has 72 valence electrons. The Kier molecular flexibility index (Phi) is 1.70. The van der Waals surface area contributed by atoms with Crippen LogP contribution >= 0.6 is 0 Å². The molecule has 0 atom stereocenters. The summed E-state index contributed by atoms with van der Waals surface area (Å²) in [6.07, 6.45) is 0.452. The molecule has 0 aliphatic rings. The van der Waals surface area contributed by atoms with Gasteiger partial charge in [-0.2, -0.15) is 0 Å². The summed E-state index contributed by atoms with van der Waals surface area (Å²) in [6.45, 7) is 1.77. The van der Waals surface area contributed by atoms with Crippen molar-refractivity contribution in [1.82, 2.24) is 4.57 Å². The second-order valence-corrected chi connectivity index (χ2v) is 3.17. The van der Waals surface area contributed by atoms with Crippen molar-refractivity contribution in [1.29, 1.82) is 0 Å². The average molecular weight is 191 g/mol. The largest absolute Gasteiger partial charge is 0.508 e. The van der Waals surface area contributed by atoms with Gasteiger partial charge < -0.3 is 10.2 Å². The molecule has 2 rings (SSSR count). The minimum atomic E-state index is -1.02. The van der Waals surface area contributed by atoms with E-state index in [1.54, 1.807) is 25.1 Å². The highest BCUT2D eigenvalue weighted by molar-refractivity contribution is 5.91. The molecule has 0 aliphatic heterocycles. The van der Waals surface area contributed by atoms with Gasteiger partial charge in [0.05, 0.1) is 5.52 Å². The summed E-state index contributed by atoms with van der Waals surface area (Å²) in [6, 6.07) is 4.75. The number of rotatable bonds is 0.